The monoisotopic (exact) mass is 426 g/mol. The summed E-state index contributed by atoms with van der Waals surface area (Å²) in [6.07, 6.45) is -3.76. The third-order valence-corrected chi connectivity index (χ3v) is 4.83. The number of hydrogen-bond acceptors (Lipinski definition) is 7. The molecule has 1 heterocycles. The fourth-order valence-electron chi connectivity index (χ4n) is 2.92. The second-order valence-corrected chi connectivity index (χ2v) is 7.43. The van der Waals surface area contributed by atoms with Crippen molar-refractivity contribution in [1.29, 1.82) is 0 Å². The SMILES string of the molecule is COCCNC(=O)C[C@@H]1O[C@@H](CNC(=S)Nc2ccc(N(C)C)cc2)[C@@H](O)[C@H]1O. The number of aliphatic hydroxyl groups is 2. The van der Waals surface area contributed by atoms with Crippen molar-refractivity contribution >= 4 is 34.6 Å². The minimum atomic E-state index is -1.14. The van der Waals surface area contributed by atoms with Gasteiger partial charge in [-0.2, -0.15) is 0 Å². The summed E-state index contributed by atoms with van der Waals surface area (Å²) in [4.78, 5) is 13.9. The van der Waals surface area contributed by atoms with Crippen LogP contribution in [0.3, 0.4) is 0 Å². The Morgan fingerprint density at radius 1 is 1.17 bits per heavy atom. The molecule has 10 heteroatoms. The van der Waals surface area contributed by atoms with E-state index < -0.39 is 24.4 Å². The Morgan fingerprint density at radius 2 is 1.83 bits per heavy atom. The van der Waals surface area contributed by atoms with E-state index in [9.17, 15) is 15.0 Å². The molecule has 1 aliphatic heterocycles. The highest BCUT2D eigenvalue weighted by Gasteiger charge is 2.43. The number of thiocarbonyl (C=S) groups is 1. The van der Waals surface area contributed by atoms with Crippen LogP contribution in [0.15, 0.2) is 24.3 Å². The number of aliphatic hydroxyl groups excluding tert-OH is 2. The molecule has 9 nitrogen and oxygen atoms in total. The van der Waals surface area contributed by atoms with Gasteiger partial charge in [-0.3, -0.25) is 4.79 Å². The summed E-state index contributed by atoms with van der Waals surface area (Å²) in [5.74, 6) is -0.273. The lowest BCUT2D eigenvalue weighted by Gasteiger charge is -2.18. The largest absolute Gasteiger partial charge is 0.388 e. The fraction of sp³-hybridized carbons (Fsp3) is 0.579. The molecule has 0 bridgehead atoms. The maximum atomic E-state index is 11.9. The fourth-order valence-corrected chi connectivity index (χ4v) is 3.12. The van der Waals surface area contributed by atoms with Crippen molar-refractivity contribution in [2.24, 2.45) is 0 Å². The van der Waals surface area contributed by atoms with Crippen molar-refractivity contribution < 1.29 is 24.5 Å². The number of hydrogen-bond donors (Lipinski definition) is 5. The first-order chi connectivity index (χ1) is 13.8. The van der Waals surface area contributed by atoms with Gasteiger partial charge < -0.3 is 40.5 Å². The van der Waals surface area contributed by atoms with Gasteiger partial charge in [-0.15, -0.1) is 0 Å². The van der Waals surface area contributed by atoms with E-state index in [1.165, 1.54) is 0 Å². The zero-order chi connectivity index (χ0) is 21.4. The zero-order valence-electron chi connectivity index (χ0n) is 16.9. The van der Waals surface area contributed by atoms with Gasteiger partial charge in [0.2, 0.25) is 5.91 Å². The Balaban J connectivity index is 1.77. The minimum Gasteiger partial charge on any atom is -0.388 e. The molecule has 1 saturated heterocycles. The number of methoxy groups -OCH3 is 1. The van der Waals surface area contributed by atoms with Gasteiger partial charge >= 0.3 is 0 Å². The number of nitrogens with one attached hydrogen (secondary N) is 3. The molecule has 0 radical (unpaired) electrons. The van der Waals surface area contributed by atoms with Crippen molar-refractivity contribution in [3.8, 4) is 0 Å². The Morgan fingerprint density at radius 3 is 2.45 bits per heavy atom. The highest BCUT2D eigenvalue weighted by atomic mass is 32.1. The molecule has 2 rings (SSSR count). The number of nitrogens with zero attached hydrogens (tertiary/aromatic N) is 1. The van der Waals surface area contributed by atoms with Crippen LogP contribution in [-0.4, -0.2) is 86.6 Å². The summed E-state index contributed by atoms with van der Waals surface area (Å²) in [6.45, 7) is 0.972. The van der Waals surface area contributed by atoms with Gasteiger partial charge in [0.05, 0.1) is 19.1 Å². The average molecular weight is 427 g/mol. The van der Waals surface area contributed by atoms with E-state index in [0.717, 1.165) is 11.4 Å². The summed E-state index contributed by atoms with van der Waals surface area (Å²) in [5, 5.41) is 29.4. The molecule has 1 amide bonds. The predicted molar refractivity (Wildman–Crippen MR) is 115 cm³/mol. The predicted octanol–water partition coefficient (Wildman–Crippen LogP) is -0.319. The van der Waals surface area contributed by atoms with Crippen molar-refractivity contribution in [3.63, 3.8) is 0 Å². The number of ether oxygens (including phenoxy) is 2. The smallest absolute Gasteiger partial charge is 0.222 e. The minimum absolute atomic E-state index is 0.0423. The van der Waals surface area contributed by atoms with Gasteiger partial charge in [-0.25, -0.2) is 0 Å². The van der Waals surface area contributed by atoms with E-state index in [1.54, 1.807) is 7.11 Å². The molecule has 0 aliphatic carbocycles. The van der Waals surface area contributed by atoms with E-state index in [-0.39, 0.29) is 18.9 Å². The van der Waals surface area contributed by atoms with Crippen molar-refractivity contribution in [1.82, 2.24) is 10.6 Å². The van der Waals surface area contributed by atoms with E-state index in [4.69, 9.17) is 21.7 Å². The molecule has 162 valence electrons. The van der Waals surface area contributed by atoms with Crippen LogP contribution in [0.1, 0.15) is 6.42 Å². The Kier molecular flexibility index (Phi) is 9.05. The van der Waals surface area contributed by atoms with Gasteiger partial charge in [0.25, 0.3) is 0 Å². The van der Waals surface area contributed by atoms with E-state index in [2.05, 4.69) is 16.0 Å². The number of anilines is 2. The molecule has 1 aromatic rings. The van der Waals surface area contributed by atoms with E-state index >= 15 is 0 Å². The molecular weight excluding hydrogens is 396 g/mol. The number of carbonyl (C=O) groups is 1. The molecule has 0 unspecified atom stereocenters. The average Bonchev–Trinajstić information content (AvgIpc) is 2.95. The lowest BCUT2D eigenvalue weighted by molar-refractivity contribution is -0.125. The molecule has 0 spiro atoms. The van der Waals surface area contributed by atoms with Crippen LogP contribution in [-0.2, 0) is 14.3 Å². The molecule has 1 aliphatic rings. The first-order valence-corrected chi connectivity index (χ1v) is 9.82. The number of benzene rings is 1. The van der Waals surface area contributed by atoms with Crippen LogP contribution in [0.2, 0.25) is 0 Å². The highest BCUT2D eigenvalue weighted by molar-refractivity contribution is 7.80. The Labute approximate surface area is 176 Å². The standard InChI is InChI=1S/C19H30N4O5S/c1-23(2)13-6-4-12(5-7-13)22-19(29)21-11-15-18(26)17(25)14(28-15)10-16(24)20-8-9-27-3/h4-7,14-15,17-18,25-26H,8-11H2,1-3H3,(H,20,24)(H2,21,22,29)/t14-,15-,17-,18+/m0/s1. The lowest BCUT2D eigenvalue weighted by Crippen LogP contribution is -2.41. The molecule has 1 aromatic carbocycles. The Bertz CT molecular complexity index is 673. The van der Waals surface area contributed by atoms with Gasteiger partial charge in [0.1, 0.15) is 18.3 Å². The number of carbonyl (C=O) groups excluding carboxylic acids is 1. The van der Waals surface area contributed by atoms with E-state index in [1.807, 2.05) is 43.3 Å². The van der Waals surface area contributed by atoms with Crippen LogP contribution < -0.4 is 20.9 Å². The first-order valence-electron chi connectivity index (χ1n) is 9.41. The van der Waals surface area contributed by atoms with Crippen LogP contribution in [0.25, 0.3) is 0 Å². The normalized spacial score (nSPS) is 23.5. The van der Waals surface area contributed by atoms with Gasteiger partial charge in [-0.05, 0) is 36.5 Å². The quantitative estimate of drug-likeness (QED) is 0.268. The zero-order valence-corrected chi connectivity index (χ0v) is 17.7. The van der Waals surface area contributed by atoms with Crippen molar-refractivity contribution in [3.05, 3.63) is 24.3 Å². The summed E-state index contributed by atoms with van der Waals surface area (Å²) in [7, 11) is 5.47. The molecule has 0 aromatic heterocycles. The summed E-state index contributed by atoms with van der Waals surface area (Å²) in [5.41, 5.74) is 1.90. The lowest BCUT2D eigenvalue weighted by atomic mass is 10.1. The molecular formula is C19H30N4O5S. The molecule has 29 heavy (non-hydrogen) atoms. The summed E-state index contributed by atoms with van der Waals surface area (Å²) >= 11 is 5.27. The van der Waals surface area contributed by atoms with Crippen LogP contribution in [0.4, 0.5) is 11.4 Å². The second-order valence-electron chi connectivity index (χ2n) is 7.02. The molecule has 4 atom stereocenters. The number of rotatable bonds is 9. The number of amides is 1. The van der Waals surface area contributed by atoms with Crippen LogP contribution >= 0.6 is 12.2 Å². The van der Waals surface area contributed by atoms with Crippen molar-refractivity contribution in [2.45, 2.75) is 30.8 Å². The molecule has 1 fully saturated rings. The summed E-state index contributed by atoms with van der Waals surface area (Å²) in [6, 6.07) is 7.75. The Hall–Kier alpha value is -1.98. The van der Waals surface area contributed by atoms with Gasteiger partial charge in [-0.1, -0.05) is 0 Å². The highest BCUT2D eigenvalue weighted by Crippen LogP contribution is 2.23. The maximum Gasteiger partial charge on any atom is 0.222 e. The third-order valence-electron chi connectivity index (χ3n) is 4.58. The molecule has 0 saturated carbocycles. The topological polar surface area (TPSA) is 115 Å². The second kappa shape index (κ2) is 11.3. The molecule has 5 N–H and O–H groups in total. The maximum absolute atomic E-state index is 11.9. The van der Waals surface area contributed by atoms with Gasteiger partial charge in [0.15, 0.2) is 5.11 Å². The van der Waals surface area contributed by atoms with Crippen LogP contribution in [0, 0.1) is 0 Å². The van der Waals surface area contributed by atoms with Gasteiger partial charge in [0, 0.05) is 45.7 Å². The van der Waals surface area contributed by atoms with Crippen LogP contribution in [0.5, 0.6) is 0 Å². The first kappa shape index (κ1) is 23.3. The van der Waals surface area contributed by atoms with Crippen molar-refractivity contribution in [2.75, 3.05) is 51.1 Å². The third kappa shape index (κ3) is 7.09. The van der Waals surface area contributed by atoms with E-state index in [0.29, 0.717) is 18.3 Å². The summed E-state index contributed by atoms with van der Waals surface area (Å²) < 4.78 is 10.5.